The lowest BCUT2D eigenvalue weighted by atomic mass is 9.90. The SMILES string of the molecule is O=C(CSC1=NC2(CCCCC2)N=C1c1ccccc1)Nc1ccc(Cl)cc1Cl. The molecule has 150 valence electrons. The Morgan fingerprint density at radius 1 is 1.03 bits per heavy atom. The third kappa shape index (κ3) is 4.85. The zero-order chi connectivity index (χ0) is 20.3. The molecule has 0 aromatic heterocycles. The van der Waals surface area contributed by atoms with E-state index in [1.54, 1.807) is 18.2 Å². The number of thioether (sulfide) groups is 1. The maximum Gasteiger partial charge on any atom is 0.234 e. The zero-order valence-corrected chi connectivity index (χ0v) is 18.2. The smallest absolute Gasteiger partial charge is 0.234 e. The molecule has 1 spiro atoms. The molecule has 1 aliphatic carbocycles. The Kier molecular flexibility index (Phi) is 6.28. The molecule has 2 aromatic carbocycles. The number of anilines is 1. The van der Waals surface area contributed by atoms with Gasteiger partial charge in [-0.15, -0.1) is 0 Å². The van der Waals surface area contributed by atoms with Crippen molar-refractivity contribution in [1.29, 1.82) is 0 Å². The number of benzene rings is 2. The fourth-order valence-electron chi connectivity index (χ4n) is 3.66. The molecule has 2 aliphatic rings. The number of hydrogen-bond donors (Lipinski definition) is 1. The molecule has 0 unspecified atom stereocenters. The predicted octanol–water partition coefficient (Wildman–Crippen LogP) is 6.23. The lowest BCUT2D eigenvalue weighted by Gasteiger charge is -2.27. The summed E-state index contributed by atoms with van der Waals surface area (Å²) in [6.07, 6.45) is 5.46. The number of hydrogen-bond acceptors (Lipinski definition) is 4. The third-order valence-corrected chi connectivity index (χ3v) is 6.59. The molecule has 4 nitrogen and oxygen atoms in total. The zero-order valence-electron chi connectivity index (χ0n) is 15.8. The molecule has 0 bridgehead atoms. The topological polar surface area (TPSA) is 53.8 Å². The Morgan fingerprint density at radius 3 is 2.52 bits per heavy atom. The van der Waals surface area contributed by atoms with Gasteiger partial charge >= 0.3 is 0 Å². The maximum atomic E-state index is 12.5. The van der Waals surface area contributed by atoms with Crippen LogP contribution in [0, 0.1) is 0 Å². The number of nitrogens with zero attached hydrogens (tertiary/aromatic N) is 2. The highest BCUT2D eigenvalue weighted by molar-refractivity contribution is 8.16. The van der Waals surface area contributed by atoms with Crippen LogP contribution in [0.1, 0.15) is 37.7 Å². The second-order valence-corrected chi connectivity index (χ2v) is 9.06. The van der Waals surface area contributed by atoms with Crippen LogP contribution in [-0.4, -0.2) is 28.1 Å². The second-order valence-electron chi connectivity index (χ2n) is 7.25. The van der Waals surface area contributed by atoms with Gasteiger partial charge in [0.1, 0.15) is 5.04 Å². The van der Waals surface area contributed by atoms with Gasteiger partial charge in [-0.1, -0.05) is 71.7 Å². The second kappa shape index (κ2) is 8.90. The maximum absolute atomic E-state index is 12.5. The summed E-state index contributed by atoms with van der Waals surface area (Å²) in [5.41, 5.74) is 2.15. The Bertz CT molecular complexity index is 969. The summed E-state index contributed by atoms with van der Waals surface area (Å²) >= 11 is 13.5. The van der Waals surface area contributed by atoms with Crippen LogP contribution in [0.5, 0.6) is 0 Å². The summed E-state index contributed by atoms with van der Waals surface area (Å²) in [5.74, 6) is 0.0960. The average Bonchev–Trinajstić information content (AvgIpc) is 3.07. The van der Waals surface area contributed by atoms with Gasteiger partial charge in [-0.3, -0.25) is 9.79 Å². The number of carbonyl (C=O) groups is 1. The highest BCUT2D eigenvalue weighted by Crippen LogP contribution is 2.38. The van der Waals surface area contributed by atoms with Gasteiger partial charge in [0, 0.05) is 10.6 Å². The van der Waals surface area contributed by atoms with E-state index in [0.29, 0.717) is 15.7 Å². The van der Waals surface area contributed by atoms with Gasteiger partial charge in [-0.2, -0.15) is 0 Å². The van der Waals surface area contributed by atoms with Crippen molar-refractivity contribution in [2.75, 3.05) is 11.1 Å². The Labute approximate surface area is 184 Å². The largest absolute Gasteiger partial charge is 0.324 e. The molecule has 29 heavy (non-hydrogen) atoms. The van der Waals surface area contributed by atoms with Crippen molar-refractivity contribution in [3.63, 3.8) is 0 Å². The summed E-state index contributed by atoms with van der Waals surface area (Å²) in [6, 6.07) is 15.1. The molecule has 1 fully saturated rings. The van der Waals surface area contributed by atoms with Crippen molar-refractivity contribution >= 4 is 57.3 Å². The monoisotopic (exact) mass is 445 g/mol. The van der Waals surface area contributed by atoms with Gasteiger partial charge in [-0.25, -0.2) is 4.99 Å². The molecule has 4 rings (SSSR count). The number of halogens is 2. The quantitative estimate of drug-likeness (QED) is 0.606. The molecule has 1 saturated carbocycles. The van der Waals surface area contributed by atoms with Crippen molar-refractivity contribution in [3.8, 4) is 0 Å². The molecule has 0 radical (unpaired) electrons. The van der Waals surface area contributed by atoms with Crippen LogP contribution in [0.25, 0.3) is 0 Å². The number of aliphatic imine (C=N–C) groups is 2. The van der Waals surface area contributed by atoms with E-state index in [0.717, 1.165) is 42.0 Å². The van der Waals surface area contributed by atoms with Crippen molar-refractivity contribution < 1.29 is 4.79 Å². The van der Waals surface area contributed by atoms with E-state index in [1.165, 1.54) is 18.2 Å². The van der Waals surface area contributed by atoms with E-state index in [1.807, 2.05) is 30.3 Å². The van der Waals surface area contributed by atoms with Gasteiger partial charge in [-0.05, 0) is 43.9 Å². The minimum atomic E-state index is -0.346. The number of amides is 1. The molecule has 1 aliphatic heterocycles. The number of rotatable bonds is 4. The van der Waals surface area contributed by atoms with Crippen LogP contribution >= 0.6 is 35.0 Å². The first-order valence-corrected chi connectivity index (χ1v) is 11.4. The Morgan fingerprint density at radius 2 is 1.79 bits per heavy atom. The van der Waals surface area contributed by atoms with Crippen LogP contribution in [0.4, 0.5) is 5.69 Å². The summed E-state index contributed by atoms with van der Waals surface area (Å²) in [5, 5.41) is 4.63. The molecule has 2 aromatic rings. The molecule has 0 atom stereocenters. The number of nitrogens with one attached hydrogen (secondary N) is 1. The fourth-order valence-corrected chi connectivity index (χ4v) is 4.99. The van der Waals surface area contributed by atoms with E-state index in [2.05, 4.69) is 5.32 Å². The minimum absolute atomic E-state index is 0.140. The van der Waals surface area contributed by atoms with Crippen LogP contribution in [0.2, 0.25) is 10.0 Å². The Hall–Kier alpha value is -1.82. The molecule has 1 heterocycles. The normalized spacial score (nSPS) is 17.7. The van der Waals surface area contributed by atoms with Crippen molar-refractivity contribution in [2.24, 2.45) is 9.98 Å². The van der Waals surface area contributed by atoms with Crippen LogP contribution in [-0.2, 0) is 4.79 Å². The first kappa shape index (κ1) is 20.5. The molecule has 7 heteroatoms. The van der Waals surface area contributed by atoms with E-state index < -0.39 is 0 Å². The first-order chi connectivity index (χ1) is 14.0. The van der Waals surface area contributed by atoms with E-state index in [4.69, 9.17) is 33.2 Å². The van der Waals surface area contributed by atoms with Crippen molar-refractivity contribution in [2.45, 2.75) is 37.8 Å². The molecular weight excluding hydrogens is 425 g/mol. The van der Waals surface area contributed by atoms with Gasteiger partial charge in [0.25, 0.3) is 0 Å². The molecular formula is C22H21Cl2N3OS. The summed E-state index contributed by atoms with van der Waals surface area (Å²) in [4.78, 5) is 22.5. The van der Waals surface area contributed by atoms with Gasteiger partial charge in [0.05, 0.1) is 22.2 Å². The van der Waals surface area contributed by atoms with E-state index in [-0.39, 0.29) is 17.3 Å². The standard InChI is InChI=1S/C22H21Cl2N3OS/c23-16-9-10-18(17(24)13-16)25-19(28)14-29-21-20(15-7-3-1-4-8-15)26-22(27-21)11-5-2-6-12-22/h1,3-4,7-10,13H,2,5-6,11-12,14H2,(H,25,28). The fraction of sp³-hybridized carbons (Fsp3) is 0.318. The van der Waals surface area contributed by atoms with Gasteiger partial charge in [0.2, 0.25) is 5.91 Å². The van der Waals surface area contributed by atoms with Gasteiger partial charge in [0.15, 0.2) is 5.66 Å². The lowest BCUT2D eigenvalue weighted by Crippen LogP contribution is -2.25. The van der Waals surface area contributed by atoms with E-state index >= 15 is 0 Å². The average molecular weight is 446 g/mol. The van der Waals surface area contributed by atoms with Crippen LogP contribution in [0.3, 0.4) is 0 Å². The highest BCUT2D eigenvalue weighted by Gasteiger charge is 2.37. The molecule has 1 amide bonds. The minimum Gasteiger partial charge on any atom is -0.324 e. The van der Waals surface area contributed by atoms with Crippen LogP contribution in [0.15, 0.2) is 58.5 Å². The lowest BCUT2D eigenvalue weighted by molar-refractivity contribution is -0.113. The molecule has 1 N–H and O–H groups in total. The predicted molar refractivity (Wildman–Crippen MR) is 124 cm³/mol. The van der Waals surface area contributed by atoms with E-state index in [9.17, 15) is 4.79 Å². The Balaban J connectivity index is 1.49. The third-order valence-electron chi connectivity index (χ3n) is 5.08. The van der Waals surface area contributed by atoms with Gasteiger partial charge < -0.3 is 5.32 Å². The molecule has 0 saturated heterocycles. The first-order valence-electron chi connectivity index (χ1n) is 9.68. The number of carbonyl (C=O) groups excluding carboxylic acids is 1. The van der Waals surface area contributed by atoms with Crippen molar-refractivity contribution in [1.82, 2.24) is 0 Å². The summed E-state index contributed by atoms with van der Waals surface area (Å²) in [7, 11) is 0. The summed E-state index contributed by atoms with van der Waals surface area (Å²) in [6.45, 7) is 0. The highest BCUT2D eigenvalue weighted by atomic mass is 35.5. The summed E-state index contributed by atoms with van der Waals surface area (Å²) < 4.78 is 0. The van der Waals surface area contributed by atoms with Crippen molar-refractivity contribution in [3.05, 3.63) is 64.1 Å². The van der Waals surface area contributed by atoms with Crippen LogP contribution < -0.4 is 5.32 Å².